The van der Waals surface area contributed by atoms with Gasteiger partial charge in [0.2, 0.25) is 0 Å². The molecule has 0 bridgehead atoms. The van der Waals surface area contributed by atoms with Gasteiger partial charge in [0.15, 0.2) is 5.75 Å². The van der Waals surface area contributed by atoms with Crippen LogP contribution < -0.4 is 0 Å². The minimum atomic E-state index is -0.0802. The first-order valence-electron chi connectivity index (χ1n) is 3.36. The van der Waals surface area contributed by atoms with Gasteiger partial charge in [-0.2, -0.15) is 0 Å². The third-order valence-electron chi connectivity index (χ3n) is 1.51. The summed E-state index contributed by atoms with van der Waals surface area (Å²) in [5, 5.41) is 9.72. The molecule has 0 saturated carbocycles. The van der Waals surface area contributed by atoms with Gasteiger partial charge in [-0.25, -0.2) is 0 Å². The Morgan fingerprint density at radius 2 is 1.75 bits per heavy atom. The fourth-order valence-electron chi connectivity index (χ4n) is 0.812. The highest BCUT2D eigenvalue weighted by molar-refractivity contribution is 6.37. The molecule has 0 amide bonds. The molecule has 0 atom stereocenters. The SMILES string of the molecule is C=C(C)c1cc(Cl)c(O)c(Cl)c1. The van der Waals surface area contributed by atoms with Crippen LogP contribution in [0.15, 0.2) is 18.7 Å². The summed E-state index contributed by atoms with van der Waals surface area (Å²) in [7, 11) is 0. The van der Waals surface area contributed by atoms with Crippen LogP contribution in [0, 0.1) is 0 Å². The lowest BCUT2D eigenvalue weighted by molar-refractivity contribution is 0.476. The third kappa shape index (κ3) is 1.74. The van der Waals surface area contributed by atoms with E-state index in [0.717, 1.165) is 11.1 Å². The number of rotatable bonds is 1. The smallest absolute Gasteiger partial charge is 0.152 e. The van der Waals surface area contributed by atoms with Crippen LogP contribution in [0.2, 0.25) is 10.0 Å². The number of phenols is 1. The highest BCUT2D eigenvalue weighted by atomic mass is 35.5. The first-order chi connectivity index (χ1) is 5.52. The molecule has 0 aromatic heterocycles. The van der Waals surface area contributed by atoms with E-state index in [2.05, 4.69) is 6.58 Å². The predicted octanol–water partition coefficient (Wildman–Crippen LogP) is 3.73. The van der Waals surface area contributed by atoms with Crippen LogP contribution in [-0.2, 0) is 0 Å². The summed E-state index contributed by atoms with van der Waals surface area (Å²) in [4.78, 5) is 0. The Bertz CT molecular complexity index is 308. The summed E-state index contributed by atoms with van der Waals surface area (Å²) in [6, 6.07) is 3.26. The summed E-state index contributed by atoms with van der Waals surface area (Å²) in [5.74, 6) is -0.0802. The van der Waals surface area contributed by atoms with Gasteiger partial charge in [-0.3, -0.25) is 0 Å². The number of hydrogen-bond donors (Lipinski definition) is 1. The van der Waals surface area contributed by atoms with E-state index >= 15 is 0 Å². The van der Waals surface area contributed by atoms with Gasteiger partial charge in [0, 0.05) is 0 Å². The Balaban J connectivity index is 3.31. The maximum absolute atomic E-state index is 9.22. The molecule has 64 valence electrons. The minimum Gasteiger partial charge on any atom is -0.505 e. The molecule has 0 spiro atoms. The number of aromatic hydroxyl groups is 1. The summed E-state index contributed by atoms with van der Waals surface area (Å²) in [6.45, 7) is 5.58. The van der Waals surface area contributed by atoms with Crippen molar-refractivity contribution < 1.29 is 5.11 Å². The number of phenolic OH excluding ortho intramolecular Hbond substituents is 1. The van der Waals surface area contributed by atoms with Crippen LogP contribution >= 0.6 is 23.2 Å². The molecule has 1 rings (SSSR count). The maximum atomic E-state index is 9.22. The molecule has 3 heteroatoms. The molecule has 0 aliphatic rings. The zero-order valence-electron chi connectivity index (χ0n) is 6.56. The van der Waals surface area contributed by atoms with Gasteiger partial charge in [0.05, 0.1) is 10.0 Å². The molecule has 0 radical (unpaired) electrons. The van der Waals surface area contributed by atoms with Crippen LogP contribution in [0.4, 0.5) is 0 Å². The van der Waals surface area contributed by atoms with Gasteiger partial charge in [-0.05, 0) is 24.6 Å². The van der Waals surface area contributed by atoms with Crippen molar-refractivity contribution in [3.63, 3.8) is 0 Å². The van der Waals surface area contributed by atoms with Crippen molar-refractivity contribution in [2.24, 2.45) is 0 Å². The summed E-state index contributed by atoms with van der Waals surface area (Å²) >= 11 is 11.4. The zero-order valence-corrected chi connectivity index (χ0v) is 8.08. The fraction of sp³-hybridized carbons (Fsp3) is 0.111. The molecule has 0 heterocycles. The van der Waals surface area contributed by atoms with Crippen molar-refractivity contribution in [3.05, 3.63) is 34.3 Å². The monoisotopic (exact) mass is 202 g/mol. The van der Waals surface area contributed by atoms with E-state index in [-0.39, 0.29) is 15.8 Å². The molecule has 0 unspecified atom stereocenters. The van der Waals surface area contributed by atoms with Crippen LogP contribution in [-0.4, -0.2) is 5.11 Å². The predicted molar refractivity (Wildman–Crippen MR) is 52.8 cm³/mol. The molecule has 1 aromatic carbocycles. The van der Waals surface area contributed by atoms with Gasteiger partial charge in [-0.15, -0.1) is 0 Å². The summed E-state index contributed by atoms with van der Waals surface area (Å²) < 4.78 is 0. The first kappa shape index (κ1) is 9.43. The Hall–Kier alpha value is -0.660. The van der Waals surface area contributed by atoms with Crippen molar-refractivity contribution in [2.75, 3.05) is 0 Å². The molecular formula is C9H8Cl2O. The Morgan fingerprint density at radius 3 is 2.08 bits per heavy atom. The van der Waals surface area contributed by atoms with Crippen molar-refractivity contribution in [1.82, 2.24) is 0 Å². The largest absolute Gasteiger partial charge is 0.505 e. The van der Waals surface area contributed by atoms with E-state index in [1.165, 1.54) is 0 Å². The standard InChI is InChI=1S/C9H8Cl2O/c1-5(2)6-3-7(10)9(12)8(11)4-6/h3-4,12H,1H2,2H3. The summed E-state index contributed by atoms with van der Waals surface area (Å²) in [6.07, 6.45) is 0. The van der Waals surface area contributed by atoms with E-state index in [4.69, 9.17) is 23.2 Å². The van der Waals surface area contributed by atoms with Crippen LogP contribution in [0.3, 0.4) is 0 Å². The third-order valence-corrected chi connectivity index (χ3v) is 2.09. The van der Waals surface area contributed by atoms with Crippen molar-refractivity contribution >= 4 is 28.8 Å². The second-order valence-electron chi connectivity index (χ2n) is 2.57. The number of allylic oxidation sites excluding steroid dienone is 1. The molecule has 1 aromatic rings. The second-order valence-corrected chi connectivity index (χ2v) is 3.38. The topological polar surface area (TPSA) is 20.2 Å². The lowest BCUT2D eigenvalue weighted by Gasteiger charge is -2.04. The van der Waals surface area contributed by atoms with Gasteiger partial charge in [0.1, 0.15) is 0 Å². The quantitative estimate of drug-likeness (QED) is 0.737. The van der Waals surface area contributed by atoms with E-state index < -0.39 is 0 Å². The van der Waals surface area contributed by atoms with Gasteiger partial charge >= 0.3 is 0 Å². The van der Waals surface area contributed by atoms with Crippen LogP contribution in [0.1, 0.15) is 12.5 Å². The van der Waals surface area contributed by atoms with E-state index in [0.29, 0.717) is 0 Å². The number of hydrogen-bond acceptors (Lipinski definition) is 1. The normalized spacial score (nSPS) is 9.92. The maximum Gasteiger partial charge on any atom is 0.152 e. The molecule has 0 aliphatic carbocycles. The average molecular weight is 203 g/mol. The Morgan fingerprint density at radius 1 is 1.33 bits per heavy atom. The Labute approximate surface area is 81.2 Å². The van der Waals surface area contributed by atoms with E-state index in [9.17, 15) is 5.11 Å². The molecule has 0 fully saturated rings. The first-order valence-corrected chi connectivity index (χ1v) is 4.12. The number of benzene rings is 1. The highest BCUT2D eigenvalue weighted by Gasteiger charge is 2.06. The van der Waals surface area contributed by atoms with Gasteiger partial charge in [0.25, 0.3) is 0 Å². The lowest BCUT2D eigenvalue weighted by atomic mass is 10.1. The van der Waals surface area contributed by atoms with E-state index in [1.807, 2.05) is 6.92 Å². The molecule has 0 aliphatic heterocycles. The molecule has 1 nitrogen and oxygen atoms in total. The molecule has 0 saturated heterocycles. The minimum absolute atomic E-state index is 0.0802. The lowest BCUT2D eigenvalue weighted by Crippen LogP contribution is -1.79. The molecular weight excluding hydrogens is 195 g/mol. The Kier molecular flexibility index (Phi) is 2.65. The van der Waals surface area contributed by atoms with Crippen molar-refractivity contribution in [3.8, 4) is 5.75 Å². The van der Waals surface area contributed by atoms with Crippen molar-refractivity contribution in [1.29, 1.82) is 0 Å². The van der Waals surface area contributed by atoms with Gasteiger partial charge in [-0.1, -0.05) is 35.4 Å². The molecule has 1 N–H and O–H groups in total. The summed E-state index contributed by atoms with van der Waals surface area (Å²) in [5.41, 5.74) is 1.70. The van der Waals surface area contributed by atoms with Crippen molar-refractivity contribution in [2.45, 2.75) is 6.92 Å². The highest BCUT2D eigenvalue weighted by Crippen LogP contribution is 2.34. The zero-order chi connectivity index (χ0) is 9.30. The van der Waals surface area contributed by atoms with Crippen LogP contribution in [0.5, 0.6) is 5.75 Å². The van der Waals surface area contributed by atoms with E-state index in [1.54, 1.807) is 12.1 Å². The fourth-order valence-corrected chi connectivity index (χ4v) is 1.30. The average Bonchev–Trinajstić information content (AvgIpc) is 1.99. The second kappa shape index (κ2) is 3.38. The number of halogens is 2. The van der Waals surface area contributed by atoms with Crippen LogP contribution in [0.25, 0.3) is 5.57 Å². The van der Waals surface area contributed by atoms with Gasteiger partial charge < -0.3 is 5.11 Å². The molecule has 12 heavy (non-hydrogen) atoms.